The Kier molecular flexibility index (Phi) is 6.62. The summed E-state index contributed by atoms with van der Waals surface area (Å²) < 4.78 is 13.8. The fraction of sp³-hybridized carbons (Fsp3) is 0. The average Bonchev–Trinajstić information content (AvgIpc) is 2.65. The SMILES string of the molecule is O=P(c1ccccc1)(c1ccccc1)c1ccccc1.[Cl][Pd]. The second-order valence-corrected chi connectivity index (χ2v) is 7.38. The summed E-state index contributed by atoms with van der Waals surface area (Å²) in [4.78, 5) is 0. The van der Waals surface area contributed by atoms with Crippen LogP contribution in [0.3, 0.4) is 0 Å². The van der Waals surface area contributed by atoms with Gasteiger partial charge in [0.15, 0.2) is 7.14 Å². The Morgan fingerprint density at radius 2 is 0.773 bits per heavy atom. The van der Waals surface area contributed by atoms with E-state index in [2.05, 4.69) is 27.7 Å². The molecule has 3 rings (SSSR count). The van der Waals surface area contributed by atoms with E-state index in [1.165, 1.54) is 0 Å². The van der Waals surface area contributed by atoms with Gasteiger partial charge in [-0.05, 0) is 0 Å². The van der Waals surface area contributed by atoms with Crippen molar-refractivity contribution in [2.45, 2.75) is 0 Å². The topological polar surface area (TPSA) is 17.1 Å². The van der Waals surface area contributed by atoms with Crippen molar-refractivity contribution in [3.8, 4) is 0 Å². The van der Waals surface area contributed by atoms with Crippen molar-refractivity contribution in [1.82, 2.24) is 0 Å². The van der Waals surface area contributed by atoms with Crippen molar-refractivity contribution in [2.24, 2.45) is 0 Å². The van der Waals surface area contributed by atoms with Gasteiger partial charge < -0.3 is 4.57 Å². The van der Waals surface area contributed by atoms with Gasteiger partial charge in [0, 0.05) is 15.9 Å². The van der Waals surface area contributed by atoms with Gasteiger partial charge in [-0.2, -0.15) is 0 Å². The van der Waals surface area contributed by atoms with Gasteiger partial charge in [-0.3, -0.25) is 0 Å². The predicted octanol–water partition coefficient (Wildman–Crippen LogP) is 4.01. The first-order valence-corrected chi connectivity index (χ1v) is 10.4. The number of benzene rings is 3. The zero-order valence-electron chi connectivity index (χ0n) is 11.7. The summed E-state index contributed by atoms with van der Waals surface area (Å²) in [6.45, 7) is 0. The maximum atomic E-state index is 13.8. The van der Waals surface area contributed by atoms with Crippen LogP contribution in [-0.4, -0.2) is 0 Å². The van der Waals surface area contributed by atoms with E-state index in [-0.39, 0.29) is 0 Å². The summed E-state index contributed by atoms with van der Waals surface area (Å²) in [6, 6.07) is 29.1. The van der Waals surface area contributed by atoms with Gasteiger partial charge in [-0.25, -0.2) is 0 Å². The van der Waals surface area contributed by atoms with E-state index in [1.54, 1.807) is 0 Å². The number of rotatable bonds is 3. The van der Waals surface area contributed by atoms with Gasteiger partial charge in [-0.1, -0.05) is 91.0 Å². The predicted molar refractivity (Wildman–Crippen MR) is 91.7 cm³/mol. The molecule has 1 nitrogen and oxygen atoms in total. The van der Waals surface area contributed by atoms with Crippen molar-refractivity contribution in [3.63, 3.8) is 0 Å². The zero-order valence-corrected chi connectivity index (χ0v) is 14.9. The van der Waals surface area contributed by atoms with E-state index in [0.29, 0.717) is 0 Å². The Balaban J connectivity index is 0.000000847. The molecule has 0 saturated carbocycles. The standard InChI is InChI=1S/C18H15OP.ClH.Pd/c19-20(16-10-4-1-5-11-16,17-12-6-2-7-13-17)18-14-8-3-9-15-18;;/h1-15H;1H;/q;;+1/p-1. The molecule has 4 heteroatoms. The molecule has 0 amide bonds. The average molecular weight is 420 g/mol. The first kappa shape index (κ1) is 17.2. The summed E-state index contributed by atoms with van der Waals surface area (Å²) in [7, 11) is 1.71. The van der Waals surface area contributed by atoms with E-state index >= 15 is 0 Å². The molecule has 0 aliphatic heterocycles. The van der Waals surface area contributed by atoms with E-state index in [1.807, 2.05) is 91.0 Å². The van der Waals surface area contributed by atoms with E-state index in [4.69, 9.17) is 0 Å². The summed E-state index contributed by atoms with van der Waals surface area (Å²) in [5.41, 5.74) is 0. The number of halogens is 1. The zero-order chi connectivity index (χ0) is 15.8. The fourth-order valence-electron chi connectivity index (χ4n) is 2.36. The van der Waals surface area contributed by atoms with Crippen molar-refractivity contribution < 1.29 is 22.7 Å². The molecular formula is C18H15ClOPPd. The molecule has 0 bridgehead atoms. The summed E-state index contributed by atoms with van der Waals surface area (Å²) in [5, 5.41) is 2.62. The molecule has 115 valence electrons. The molecule has 0 N–H and O–H groups in total. The van der Waals surface area contributed by atoms with Crippen molar-refractivity contribution >= 4 is 32.6 Å². The van der Waals surface area contributed by atoms with Gasteiger partial charge in [0.05, 0.1) is 0 Å². The molecule has 22 heavy (non-hydrogen) atoms. The second kappa shape index (κ2) is 8.47. The van der Waals surface area contributed by atoms with Crippen LogP contribution in [0.1, 0.15) is 0 Å². The minimum atomic E-state index is -2.78. The van der Waals surface area contributed by atoms with E-state index in [0.717, 1.165) is 15.9 Å². The van der Waals surface area contributed by atoms with Crippen LogP contribution in [0, 0.1) is 0 Å². The summed E-state index contributed by atoms with van der Waals surface area (Å²) in [5.74, 6) is 0. The Morgan fingerprint density at radius 1 is 0.545 bits per heavy atom. The molecule has 3 aromatic carbocycles. The number of hydrogen-bond donors (Lipinski definition) is 0. The molecule has 0 aliphatic carbocycles. The molecule has 0 fully saturated rings. The molecule has 0 radical (unpaired) electrons. The molecule has 0 aromatic heterocycles. The Morgan fingerprint density at radius 3 is 1.00 bits per heavy atom. The third-order valence-corrected chi connectivity index (χ3v) is 6.44. The molecule has 0 atom stereocenters. The first-order chi connectivity index (χ1) is 10.8. The Hall–Kier alpha value is -1.16. The molecule has 3 aromatic rings. The Labute approximate surface area is 146 Å². The van der Waals surface area contributed by atoms with Gasteiger partial charge in [0.25, 0.3) is 0 Å². The van der Waals surface area contributed by atoms with Crippen LogP contribution >= 0.6 is 16.7 Å². The van der Waals surface area contributed by atoms with Crippen LogP contribution in [0.15, 0.2) is 91.0 Å². The van der Waals surface area contributed by atoms with Crippen molar-refractivity contribution in [2.75, 3.05) is 0 Å². The van der Waals surface area contributed by atoms with Crippen LogP contribution in [0.5, 0.6) is 0 Å². The normalized spacial score (nSPS) is 10.5. The van der Waals surface area contributed by atoms with Gasteiger partial charge in [-0.15, -0.1) is 0 Å². The first-order valence-electron chi connectivity index (χ1n) is 6.70. The molecule has 0 aliphatic rings. The van der Waals surface area contributed by atoms with Crippen molar-refractivity contribution in [3.05, 3.63) is 91.0 Å². The van der Waals surface area contributed by atoms with Crippen LogP contribution < -0.4 is 15.9 Å². The third-order valence-electron chi connectivity index (χ3n) is 3.36. The van der Waals surface area contributed by atoms with Crippen LogP contribution in [-0.2, 0) is 22.7 Å². The van der Waals surface area contributed by atoms with Crippen LogP contribution in [0.2, 0.25) is 0 Å². The van der Waals surface area contributed by atoms with Crippen LogP contribution in [0.4, 0.5) is 0 Å². The van der Waals surface area contributed by atoms with Gasteiger partial charge in [0.2, 0.25) is 0 Å². The monoisotopic (exact) mass is 419 g/mol. The summed E-state index contributed by atoms with van der Waals surface area (Å²) in [6.07, 6.45) is 0. The van der Waals surface area contributed by atoms with Gasteiger partial charge in [0.1, 0.15) is 0 Å². The molecule has 0 saturated heterocycles. The molecule has 0 unspecified atom stereocenters. The second-order valence-electron chi connectivity index (χ2n) is 4.62. The summed E-state index contributed by atoms with van der Waals surface area (Å²) >= 11 is 2.22. The number of hydrogen-bond acceptors (Lipinski definition) is 1. The third kappa shape index (κ3) is 3.60. The van der Waals surface area contributed by atoms with Crippen molar-refractivity contribution in [1.29, 1.82) is 0 Å². The maximum absolute atomic E-state index is 13.8. The van der Waals surface area contributed by atoms with Gasteiger partial charge >= 0.3 is 27.7 Å². The van der Waals surface area contributed by atoms with E-state index in [9.17, 15) is 4.57 Å². The minimum absolute atomic E-state index is 0.873. The Bertz CT molecular complexity index is 629. The molecule has 0 spiro atoms. The molecule has 0 heterocycles. The quantitative estimate of drug-likeness (QED) is 0.463. The van der Waals surface area contributed by atoms with Crippen LogP contribution in [0.25, 0.3) is 0 Å². The molecular weight excluding hydrogens is 405 g/mol. The fourth-order valence-corrected chi connectivity index (χ4v) is 5.03. The van der Waals surface area contributed by atoms with E-state index < -0.39 is 7.14 Å².